The molecule has 3 aromatic carbocycles. The molecule has 1 N–H and O–H groups in total. The number of nitrogens with one attached hydrogen (secondary N) is 1. The smallest absolute Gasteiger partial charge is 0.243 e. The molecular formula is C28H32N2O2. The highest BCUT2D eigenvalue weighted by Crippen LogP contribution is 2.18. The zero-order chi connectivity index (χ0) is 22.9. The fraction of sp³-hybridized carbons (Fsp3) is 0.286. The minimum atomic E-state index is -0.601. The van der Waals surface area contributed by atoms with E-state index in [0.717, 1.165) is 22.3 Å². The maximum absolute atomic E-state index is 13.6. The Morgan fingerprint density at radius 2 is 1.38 bits per heavy atom. The van der Waals surface area contributed by atoms with Gasteiger partial charge in [0.05, 0.1) is 6.42 Å². The van der Waals surface area contributed by atoms with Crippen LogP contribution in [0.15, 0.2) is 84.9 Å². The van der Waals surface area contributed by atoms with Crippen molar-refractivity contribution in [3.8, 4) is 0 Å². The lowest BCUT2D eigenvalue weighted by molar-refractivity contribution is -0.141. The maximum atomic E-state index is 13.6. The molecule has 1 atom stereocenters. The van der Waals surface area contributed by atoms with Crippen LogP contribution in [0.1, 0.15) is 36.1 Å². The number of carbonyl (C=O) groups is 2. The molecule has 0 unspecified atom stereocenters. The third-order valence-corrected chi connectivity index (χ3v) is 5.50. The molecule has 2 amide bonds. The molecule has 0 aromatic heterocycles. The van der Waals surface area contributed by atoms with E-state index < -0.39 is 6.04 Å². The van der Waals surface area contributed by atoms with Crippen LogP contribution in [-0.2, 0) is 29.0 Å². The Morgan fingerprint density at radius 3 is 1.97 bits per heavy atom. The number of nitrogens with zero attached hydrogens (tertiary/aromatic N) is 1. The Bertz CT molecular complexity index is 1020. The number of amides is 2. The molecule has 0 aliphatic carbocycles. The van der Waals surface area contributed by atoms with Gasteiger partial charge >= 0.3 is 0 Å². The summed E-state index contributed by atoms with van der Waals surface area (Å²) in [6.07, 6.45) is 0.721. The molecule has 0 saturated carbocycles. The molecule has 0 bridgehead atoms. The molecular weight excluding hydrogens is 396 g/mol. The predicted octanol–water partition coefficient (Wildman–Crippen LogP) is 4.70. The number of hydrogen-bond acceptors (Lipinski definition) is 2. The quantitative estimate of drug-likeness (QED) is 0.537. The first kappa shape index (κ1) is 23.3. The molecule has 3 aromatic rings. The molecule has 0 spiro atoms. The minimum Gasteiger partial charge on any atom is -0.352 e. The Morgan fingerprint density at radius 1 is 0.812 bits per heavy atom. The van der Waals surface area contributed by atoms with Gasteiger partial charge < -0.3 is 10.2 Å². The fourth-order valence-corrected chi connectivity index (χ4v) is 3.78. The van der Waals surface area contributed by atoms with Crippen LogP contribution in [-0.4, -0.2) is 28.8 Å². The molecule has 0 saturated heterocycles. The van der Waals surface area contributed by atoms with Crippen LogP contribution in [0, 0.1) is 6.92 Å². The topological polar surface area (TPSA) is 49.4 Å². The van der Waals surface area contributed by atoms with Crippen molar-refractivity contribution in [2.75, 3.05) is 0 Å². The lowest BCUT2D eigenvalue weighted by atomic mass is 10.00. The van der Waals surface area contributed by atoms with Crippen molar-refractivity contribution in [2.45, 2.75) is 52.2 Å². The van der Waals surface area contributed by atoms with Gasteiger partial charge in [0.15, 0.2) is 0 Å². The van der Waals surface area contributed by atoms with Gasteiger partial charge in [-0.2, -0.15) is 0 Å². The average molecular weight is 429 g/mol. The highest BCUT2D eigenvalue weighted by atomic mass is 16.2. The standard InChI is InChI=1S/C28H32N2O2/c1-21(2)29-28(32)26(18-23-13-6-4-7-14-23)30(20-25-17-11-10-12-22(25)3)27(31)19-24-15-8-5-9-16-24/h4-17,21,26H,18-20H2,1-3H3,(H,29,32)/t26-/m1/s1. The van der Waals surface area contributed by atoms with E-state index >= 15 is 0 Å². The zero-order valence-corrected chi connectivity index (χ0v) is 19.1. The van der Waals surface area contributed by atoms with Crippen LogP contribution >= 0.6 is 0 Å². The third-order valence-electron chi connectivity index (χ3n) is 5.50. The van der Waals surface area contributed by atoms with E-state index in [1.807, 2.05) is 106 Å². The van der Waals surface area contributed by atoms with Crippen molar-refractivity contribution in [2.24, 2.45) is 0 Å². The van der Waals surface area contributed by atoms with E-state index in [0.29, 0.717) is 13.0 Å². The molecule has 0 aliphatic rings. The zero-order valence-electron chi connectivity index (χ0n) is 19.1. The largest absolute Gasteiger partial charge is 0.352 e. The Labute approximate surface area is 191 Å². The SMILES string of the molecule is Cc1ccccc1CN(C(=O)Cc1ccccc1)[C@H](Cc1ccccc1)C(=O)NC(C)C. The monoisotopic (exact) mass is 428 g/mol. The number of carbonyl (C=O) groups excluding carboxylic acids is 2. The van der Waals surface area contributed by atoms with Crippen molar-refractivity contribution < 1.29 is 9.59 Å². The summed E-state index contributed by atoms with van der Waals surface area (Å²) in [4.78, 5) is 28.7. The second-order valence-corrected chi connectivity index (χ2v) is 8.48. The van der Waals surface area contributed by atoms with Crippen molar-refractivity contribution in [1.82, 2.24) is 10.2 Å². The van der Waals surface area contributed by atoms with Crippen molar-refractivity contribution >= 4 is 11.8 Å². The second kappa shape index (κ2) is 11.3. The van der Waals surface area contributed by atoms with Crippen LogP contribution < -0.4 is 5.32 Å². The summed E-state index contributed by atoms with van der Waals surface area (Å²) in [5, 5.41) is 3.03. The summed E-state index contributed by atoms with van der Waals surface area (Å²) in [6.45, 7) is 6.31. The molecule has 0 radical (unpaired) electrons. The van der Waals surface area contributed by atoms with E-state index in [1.54, 1.807) is 4.90 Å². The first-order chi connectivity index (χ1) is 15.4. The van der Waals surface area contributed by atoms with Gasteiger partial charge in [-0.1, -0.05) is 84.9 Å². The molecule has 166 valence electrons. The average Bonchev–Trinajstić information content (AvgIpc) is 2.78. The lowest BCUT2D eigenvalue weighted by Gasteiger charge is -2.32. The summed E-state index contributed by atoms with van der Waals surface area (Å²) >= 11 is 0. The molecule has 3 rings (SSSR count). The highest BCUT2D eigenvalue weighted by molar-refractivity contribution is 5.89. The van der Waals surface area contributed by atoms with Crippen LogP contribution in [0.3, 0.4) is 0 Å². The van der Waals surface area contributed by atoms with Gasteiger partial charge in [0.2, 0.25) is 11.8 Å². The molecule has 32 heavy (non-hydrogen) atoms. The number of hydrogen-bond donors (Lipinski definition) is 1. The Kier molecular flexibility index (Phi) is 8.20. The van der Waals surface area contributed by atoms with Crippen molar-refractivity contribution in [3.05, 3.63) is 107 Å². The van der Waals surface area contributed by atoms with Crippen LogP contribution in [0.4, 0.5) is 0 Å². The number of rotatable bonds is 9. The van der Waals surface area contributed by atoms with E-state index in [9.17, 15) is 9.59 Å². The van der Waals surface area contributed by atoms with Crippen molar-refractivity contribution in [3.63, 3.8) is 0 Å². The number of aryl methyl sites for hydroxylation is 1. The highest BCUT2D eigenvalue weighted by Gasteiger charge is 2.30. The van der Waals surface area contributed by atoms with Gasteiger partial charge in [-0.25, -0.2) is 0 Å². The maximum Gasteiger partial charge on any atom is 0.243 e. The predicted molar refractivity (Wildman–Crippen MR) is 129 cm³/mol. The summed E-state index contributed by atoms with van der Waals surface area (Å²) in [6, 6.07) is 27.0. The normalized spacial score (nSPS) is 11.8. The van der Waals surface area contributed by atoms with Gasteiger partial charge in [-0.05, 0) is 43.0 Å². The van der Waals surface area contributed by atoms with Crippen LogP contribution in [0.2, 0.25) is 0 Å². The molecule has 0 fully saturated rings. The summed E-state index contributed by atoms with van der Waals surface area (Å²) in [5.74, 6) is -0.182. The molecule has 4 heteroatoms. The molecule has 0 heterocycles. The van der Waals surface area contributed by atoms with E-state index in [-0.39, 0.29) is 24.3 Å². The summed E-state index contributed by atoms with van der Waals surface area (Å²) < 4.78 is 0. The second-order valence-electron chi connectivity index (χ2n) is 8.48. The van der Waals surface area contributed by atoms with E-state index in [2.05, 4.69) is 5.32 Å². The fourth-order valence-electron chi connectivity index (χ4n) is 3.78. The summed E-state index contributed by atoms with van der Waals surface area (Å²) in [5.41, 5.74) is 4.12. The Balaban J connectivity index is 1.97. The van der Waals surface area contributed by atoms with Crippen LogP contribution in [0.5, 0.6) is 0 Å². The van der Waals surface area contributed by atoms with Gasteiger partial charge in [-0.3, -0.25) is 9.59 Å². The first-order valence-corrected chi connectivity index (χ1v) is 11.2. The third kappa shape index (κ3) is 6.55. The molecule has 0 aliphatic heterocycles. The first-order valence-electron chi connectivity index (χ1n) is 11.2. The lowest BCUT2D eigenvalue weighted by Crippen LogP contribution is -2.52. The van der Waals surface area contributed by atoms with Gasteiger partial charge in [-0.15, -0.1) is 0 Å². The summed E-state index contributed by atoms with van der Waals surface area (Å²) in [7, 11) is 0. The van der Waals surface area contributed by atoms with Crippen molar-refractivity contribution in [1.29, 1.82) is 0 Å². The van der Waals surface area contributed by atoms with Crippen LogP contribution in [0.25, 0.3) is 0 Å². The Hall–Kier alpha value is -3.40. The number of benzene rings is 3. The van der Waals surface area contributed by atoms with E-state index in [1.165, 1.54) is 0 Å². The van der Waals surface area contributed by atoms with E-state index in [4.69, 9.17) is 0 Å². The van der Waals surface area contributed by atoms with Gasteiger partial charge in [0.25, 0.3) is 0 Å². The molecule has 4 nitrogen and oxygen atoms in total. The van der Waals surface area contributed by atoms with Gasteiger partial charge in [0, 0.05) is 19.0 Å². The minimum absolute atomic E-state index is 0.00897. The van der Waals surface area contributed by atoms with Gasteiger partial charge in [0.1, 0.15) is 6.04 Å².